The molecule has 5 N–H and O–H groups in total. The molecule has 4 rings (SSSR count). The number of fused-ring (bicyclic) bond motifs is 1. The van der Waals surface area contributed by atoms with E-state index in [1.807, 2.05) is 24.3 Å². The molecule has 4 aromatic rings. The van der Waals surface area contributed by atoms with Crippen LogP contribution in [0.1, 0.15) is 27.7 Å². The molecule has 7 nitrogen and oxygen atoms in total. The van der Waals surface area contributed by atoms with Crippen molar-refractivity contribution >= 4 is 44.8 Å². The number of pyridine rings is 2. The van der Waals surface area contributed by atoms with Crippen molar-refractivity contribution in [1.29, 1.82) is 5.26 Å². The van der Waals surface area contributed by atoms with E-state index in [0.717, 1.165) is 23.3 Å². The third-order valence-electron chi connectivity index (χ3n) is 4.78. The zero-order valence-corrected chi connectivity index (χ0v) is 17.0. The second-order valence-electron chi connectivity index (χ2n) is 6.60. The van der Waals surface area contributed by atoms with Gasteiger partial charge in [0, 0.05) is 17.1 Å². The molecule has 30 heavy (non-hydrogen) atoms. The van der Waals surface area contributed by atoms with Crippen LogP contribution in [0.15, 0.2) is 48.7 Å². The molecule has 3 heterocycles. The van der Waals surface area contributed by atoms with E-state index in [1.165, 1.54) is 5.56 Å². The third kappa shape index (κ3) is 3.32. The van der Waals surface area contributed by atoms with Crippen LogP contribution in [0.5, 0.6) is 0 Å². The first-order chi connectivity index (χ1) is 14.5. The highest BCUT2D eigenvalue weighted by Gasteiger charge is 2.24. The number of aromatic nitrogens is 2. The highest BCUT2D eigenvalue weighted by Crippen LogP contribution is 2.42. The van der Waals surface area contributed by atoms with E-state index >= 15 is 0 Å². The summed E-state index contributed by atoms with van der Waals surface area (Å²) in [5.74, 6) is 0.135. The van der Waals surface area contributed by atoms with E-state index < -0.39 is 5.91 Å². The van der Waals surface area contributed by atoms with Gasteiger partial charge in [-0.2, -0.15) is 5.26 Å². The maximum Gasteiger partial charge on any atom is 0.269 e. The maximum absolute atomic E-state index is 12.8. The van der Waals surface area contributed by atoms with E-state index in [1.54, 1.807) is 24.4 Å². The van der Waals surface area contributed by atoms with Gasteiger partial charge in [0.05, 0.1) is 5.69 Å². The molecule has 0 saturated heterocycles. The van der Waals surface area contributed by atoms with Crippen molar-refractivity contribution < 1.29 is 4.79 Å². The van der Waals surface area contributed by atoms with Crippen molar-refractivity contribution in [3.8, 4) is 17.2 Å². The van der Waals surface area contributed by atoms with Gasteiger partial charge in [-0.15, -0.1) is 11.3 Å². The number of rotatable bonds is 4. The van der Waals surface area contributed by atoms with Crippen molar-refractivity contribution in [3.63, 3.8) is 0 Å². The van der Waals surface area contributed by atoms with Gasteiger partial charge >= 0.3 is 0 Å². The predicted molar refractivity (Wildman–Crippen MR) is 120 cm³/mol. The van der Waals surface area contributed by atoms with Crippen LogP contribution in [-0.2, 0) is 6.42 Å². The number of nitriles is 1. The molecule has 0 radical (unpaired) electrons. The number of anilines is 3. The van der Waals surface area contributed by atoms with E-state index in [9.17, 15) is 10.1 Å². The Bertz CT molecular complexity index is 1290. The fourth-order valence-electron chi connectivity index (χ4n) is 3.26. The Labute approximate surface area is 177 Å². The van der Waals surface area contributed by atoms with Gasteiger partial charge < -0.3 is 16.8 Å². The maximum atomic E-state index is 12.8. The molecule has 0 bridgehead atoms. The number of hydrogen-bond acceptors (Lipinski definition) is 7. The van der Waals surface area contributed by atoms with Gasteiger partial charge in [0.25, 0.3) is 5.91 Å². The van der Waals surface area contributed by atoms with E-state index in [4.69, 9.17) is 11.5 Å². The standard InChI is InChI=1S/C22H18N6OS/c1-2-12-6-8-13(9-7-12)16-14(11-23)20(25)28-22-17(16)18(24)19(30-22)21(29)27-15-5-3-4-10-26-15/h3-10H,2,24H2,1H3,(H2,25,28)(H,26,27,29). The fraction of sp³-hybridized carbons (Fsp3) is 0.0909. The average molecular weight is 414 g/mol. The molecule has 0 aliphatic carbocycles. The lowest BCUT2D eigenvalue weighted by atomic mass is 9.96. The summed E-state index contributed by atoms with van der Waals surface area (Å²) in [6.45, 7) is 2.07. The number of nitrogens with zero attached hydrogens (tertiary/aromatic N) is 3. The molecule has 0 unspecified atom stereocenters. The van der Waals surface area contributed by atoms with Crippen LogP contribution in [0.25, 0.3) is 21.3 Å². The van der Waals surface area contributed by atoms with Crippen LogP contribution >= 0.6 is 11.3 Å². The Balaban J connectivity index is 1.90. The first kappa shape index (κ1) is 19.4. The minimum atomic E-state index is -0.390. The molecule has 0 aliphatic heterocycles. The summed E-state index contributed by atoms with van der Waals surface area (Å²) in [4.78, 5) is 22.1. The Hall–Kier alpha value is -3.96. The van der Waals surface area contributed by atoms with E-state index in [-0.39, 0.29) is 17.1 Å². The van der Waals surface area contributed by atoms with Crippen molar-refractivity contribution in [2.45, 2.75) is 13.3 Å². The van der Waals surface area contributed by atoms with Crippen molar-refractivity contribution in [2.75, 3.05) is 16.8 Å². The second kappa shape index (κ2) is 7.81. The van der Waals surface area contributed by atoms with Gasteiger partial charge in [-0.1, -0.05) is 37.3 Å². The lowest BCUT2D eigenvalue weighted by Crippen LogP contribution is -2.12. The second-order valence-corrected chi connectivity index (χ2v) is 7.60. The summed E-state index contributed by atoms with van der Waals surface area (Å²) in [6.07, 6.45) is 2.49. The molecule has 3 aromatic heterocycles. The number of hydrogen-bond donors (Lipinski definition) is 3. The Morgan fingerprint density at radius 3 is 2.60 bits per heavy atom. The van der Waals surface area contributed by atoms with E-state index in [2.05, 4.69) is 28.3 Å². The normalized spacial score (nSPS) is 10.7. The molecule has 1 amide bonds. The van der Waals surface area contributed by atoms with Crippen LogP contribution in [0, 0.1) is 11.3 Å². The molecule has 0 fully saturated rings. The van der Waals surface area contributed by atoms with Gasteiger partial charge in [0.2, 0.25) is 0 Å². The highest BCUT2D eigenvalue weighted by atomic mass is 32.1. The molecular weight excluding hydrogens is 396 g/mol. The highest BCUT2D eigenvalue weighted by molar-refractivity contribution is 7.21. The van der Waals surface area contributed by atoms with Crippen LogP contribution in [0.2, 0.25) is 0 Å². The lowest BCUT2D eigenvalue weighted by molar-refractivity contribution is 0.103. The largest absolute Gasteiger partial charge is 0.397 e. The summed E-state index contributed by atoms with van der Waals surface area (Å²) >= 11 is 1.14. The number of carbonyl (C=O) groups is 1. The fourth-order valence-corrected chi connectivity index (χ4v) is 4.26. The minimum absolute atomic E-state index is 0.109. The SMILES string of the molecule is CCc1ccc(-c2c(C#N)c(N)nc3sc(C(=O)Nc4ccccn4)c(N)c23)cc1. The average Bonchev–Trinajstić information content (AvgIpc) is 3.09. The number of nitrogens with one attached hydrogen (secondary N) is 1. The zero-order chi connectivity index (χ0) is 21.3. The molecule has 0 spiro atoms. The van der Waals surface area contributed by atoms with Gasteiger partial charge in [-0.25, -0.2) is 9.97 Å². The van der Waals surface area contributed by atoms with Crippen molar-refractivity contribution in [1.82, 2.24) is 9.97 Å². The first-order valence-electron chi connectivity index (χ1n) is 9.26. The molecule has 0 aliphatic rings. The number of benzene rings is 1. The van der Waals surface area contributed by atoms with Gasteiger partial charge in [-0.05, 0) is 29.7 Å². The van der Waals surface area contributed by atoms with Crippen molar-refractivity contribution in [2.24, 2.45) is 0 Å². The number of aryl methyl sites for hydroxylation is 1. The number of amides is 1. The van der Waals surface area contributed by atoms with Gasteiger partial charge in [0.1, 0.15) is 33.0 Å². The van der Waals surface area contributed by atoms with Crippen LogP contribution in [-0.4, -0.2) is 15.9 Å². The molecule has 1 aromatic carbocycles. The van der Waals surface area contributed by atoms with Crippen LogP contribution in [0.3, 0.4) is 0 Å². The zero-order valence-electron chi connectivity index (χ0n) is 16.1. The summed E-state index contributed by atoms with van der Waals surface area (Å²) < 4.78 is 0. The number of carbonyl (C=O) groups excluding carboxylic acids is 1. The molecule has 8 heteroatoms. The quantitative estimate of drug-likeness (QED) is 0.458. The summed E-state index contributed by atoms with van der Waals surface area (Å²) in [5, 5.41) is 13.0. The van der Waals surface area contributed by atoms with E-state index in [0.29, 0.717) is 26.5 Å². The lowest BCUT2D eigenvalue weighted by Gasteiger charge is -2.10. The number of thiophene rings is 1. The summed E-state index contributed by atoms with van der Waals surface area (Å²) in [6, 6.07) is 15.2. The molecule has 0 atom stereocenters. The monoisotopic (exact) mass is 414 g/mol. The van der Waals surface area contributed by atoms with Gasteiger partial charge in [0.15, 0.2) is 0 Å². The first-order valence-corrected chi connectivity index (χ1v) is 10.1. The third-order valence-corrected chi connectivity index (χ3v) is 5.88. The molecular formula is C22H18N6OS. The predicted octanol–water partition coefficient (Wildman–Crippen LogP) is 4.21. The minimum Gasteiger partial charge on any atom is -0.397 e. The topological polar surface area (TPSA) is 131 Å². The molecule has 0 saturated carbocycles. The number of nitrogen functional groups attached to an aromatic ring is 2. The molecule has 148 valence electrons. The van der Waals surface area contributed by atoms with Crippen LogP contribution in [0.4, 0.5) is 17.3 Å². The van der Waals surface area contributed by atoms with Crippen LogP contribution < -0.4 is 16.8 Å². The summed E-state index contributed by atoms with van der Waals surface area (Å²) in [7, 11) is 0. The van der Waals surface area contributed by atoms with Crippen molar-refractivity contribution in [3.05, 3.63) is 64.7 Å². The summed E-state index contributed by atoms with van der Waals surface area (Å²) in [5.41, 5.74) is 15.5. The number of nitrogens with two attached hydrogens (primary N) is 2. The Morgan fingerprint density at radius 1 is 1.20 bits per heavy atom. The Kier molecular flexibility index (Phi) is 5.04. The smallest absolute Gasteiger partial charge is 0.269 e. The van der Waals surface area contributed by atoms with Gasteiger partial charge in [-0.3, -0.25) is 4.79 Å². The Morgan fingerprint density at radius 2 is 1.97 bits per heavy atom.